The second-order valence-electron chi connectivity index (χ2n) is 7.27. The molecule has 1 saturated carbocycles. The molecule has 1 aromatic rings. The maximum absolute atomic E-state index is 4.37. The van der Waals surface area contributed by atoms with Crippen molar-refractivity contribution in [2.24, 2.45) is 24.3 Å². The first kappa shape index (κ1) is 14.4. The third-order valence-corrected chi connectivity index (χ3v) is 4.67. The van der Waals surface area contributed by atoms with Crippen molar-refractivity contribution >= 4 is 5.69 Å². The van der Waals surface area contributed by atoms with Crippen LogP contribution in [0, 0.1) is 24.2 Å². The van der Waals surface area contributed by atoms with Crippen LogP contribution >= 0.6 is 0 Å². The van der Waals surface area contributed by atoms with Crippen LogP contribution in [-0.2, 0) is 7.05 Å². The van der Waals surface area contributed by atoms with E-state index in [4.69, 9.17) is 0 Å². The van der Waals surface area contributed by atoms with Crippen LogP contribution in [0.2, 0.25) is 0 Å². The summed E-state index contributed by atoms with van der Waals surface area (Å²) in [6.45, 7) is 10.3. The van der Waals surface area contributed by atoms with E-state index in [-0.39, 0.29) is 0 Å². The van der Waals surface area contributed by atoms with Gasteiger partial charge in [-0.3, -0.25) is 4.68 Å². The van der Waals surface area contributed by atoms with Crippen molar-refractivity contribution < 1.29 is 0 Å². The van der Waals surface area contributed by atoms with Gasteiger partial charge in [0.2, 0.25) is 0 Å². The SMILES string of the molecule is Cc1nn(C)cc1NCC1CCC(C(C)(C)C)CC1. The third kappa shape index (κ3) is 3.74. The second kappa shape index (κ2) is 5.56. The molecule has 2 rings (SSSR count). The van der Waals surface area contributed by atoms with Crippen molar-refractivity contribution in [1.82, 2.24) is 9.78 Å². The average molecular weight is 263 g/mol. The van der Waals surface area contributed by atoms with Gasteiger partial charge in [-0.25, -0.2) is 0 Å². The van der Waals surface area contributed by atoms with Crippen LogP contribution in [0.4, 0.5) is 5.69 Å². The highest BCUT2D eigenvalue weighted by molar-refractivity contribution is 5.45. The molecule has 0 radical (unpaired) electrons. The van der Waals surface area contributed by atoms with Crippen LogP contribution < -0.4 is 5.32 Å². The lowest BCUT2D eigenvalue weighted by Gasteiger charge is -2.37. The van der Waals surface area contributed by atoms with Gasteiger partial charge in [-0.15, -0.1) is 0 Å². The fourth-order valence-corrected chi connectivity index (χ4v) is 3.26. The van der Waals surface area contributed by atoms with Crippen LogP contribution in [0.3, 0.4) is 0 Å². The van der Waals surface area contributed by atoms with E-state index >= 15 is 0 Å². The summed E-state index contributed by atoms with van der Waals surface area (Å²) < 4.78 is 1.88. The molecule has 0 aliphatic heterocycles. The summed E-state index contributed by atoms with van der Waals surface area (Å²) in [6.07, 6.45) is 7.60. The van der Waals surface area contributed by atoms with E-state index in [1.165, 1.54) is 31.4 Å². The van der Waals surface area contributed by atoms with Crippen molar-refractivity contribution in [2.75, 3.05) is 11.9 Å². The van der Waals surface area contributed by atoms with Gasteiger partial charge in [0.15, 0.2) is 0 Å². The Balaban J connectivity index is 1.79. The van der Waals surface area contributed by atoms with Crippen LogP contribution in [0.25, 0.3) is 0 Å². The Morgan fingerprint density at radius 2 is 1.89 bits per heavy atom. The molecule has 0 spiro atoms. The Morgan fingerprint density at radius 1 is 1.26 bits per heavy atom. The zero-order valence-electron chi connectivity index (χ0n) is 13.2. The predicted octanol–water partition coefficient (Wildman–Crippen LogP) is 3.99. The second-order valence-corrected chi connectivity index (χ2v) is 7.27. The summed E-state index contributed by atoms with van der Waals surface area (Å²) in [7, 11) is 1.98. The summed E-state index contributed by atoms with van der Waals surface area (Å²) in [4.78, 5) is 0. The van der Waals surface area contributed by atoms with Gasteiger partial charge in [0.05, 0.1) is 11.4 Å². The first-order valence-corrected chi connectivity index (χ1v) is 7.60. The molecular formula is C16H29N3. The fraction of sp³-hybridized carbons (Fsp3) is 0.812. The number of nitrogens with zero attached hydrogens (tertiary/aromatic N) is 2. The van der Waals surface area contributed by atoms with E-state index in [1.54, 1.807) is 0 Å². The quantitative estimate of drug-likeness (QED) is 0.893. The topological polar surface area (TPSA) is 29.9 Å². The summed E-state index contributed by atoms with van der Waals surface area (Å²) in [5.74, 6) is 1.74. The monoisotopic (exact) mass is 263 g/mol. The first-order chi connectivity index (χ1) is 8.86. The van der Waals surface area contributed by atoms with E-state index in [0.29, 0.717) is 5.41 Å². The van der Waals surface area contributed by atoms with Crippen molar-refractivity contribution in [3.05, 3.63) is 11.9 Å². The lowest BCUT2D eigenvalue weighted by atomic mass is 9.70. The van der Waals surface area contributed by atoms with E-state index in [9.17, 15) is 0 Å². The van der Waals surface area contributed by atoms with Gasteiger partial charge in [-0.2, -0.15) is 5.10 Å². The Kier molecular flexibility index (Phi) is 4.22. The van der Waals surface area contributed by atoms with Gasteiger partial charge in [-0.05, 0) is 49.9 Å². The Labute approximate surface area is 117 Å². The highest BCUT2D eigenvalue weighted by Crippen LogP contribution is 2.39. The molecule has 1 aliphatic rings. The van der Waals surface area contributed by atoms with Gasteiger partial charge in [0.1, 0.15) is 0 Å². The highest BCUT2D eigenvalue weighted by Gasteiger charge is 2.29. The number of hydrogen-bond donors (Lipinski definition) is 1. The van der Waals surface area contributed by atoms with Crippen LogP contribution in [-0.4, -0.2) is 16.3 Å². The molecule has 0 atom stereocenters. The standard InChI is InChI=1S/C16H29N3/c1-12-15(11-19(5)18-12)17-10-13-6-8-14(9-7-13)16(2,3)4/h11,13-14,17H,6-10H2,1-5H3. The van der Waals surface area contributed by atoms with Crippen molar-refractivity contribution in [3.8, 4) is 0 Å². The number of aromatic nitrogens is 2. The Morgan fingerprint density at radius 3 is 2.37 bits per heavy atom. The minimum atomic E-state index is 0.484. The predicted molar refractivity (Wildman–Crippen MR) is 81.3 cm³/mol. The molecule has 108 valence electrons. The highest BCUT2D eigenvalue weighted by atomic mass is 15.3. The fourth-order valence-electron chi connectivity index (χ4n) is 3.26. The maximum Gasteiger partial charge on any atom is 0.0824 e. The van der Waals surface area contributed by atoms with E-state index < -0.39 is 0 Å². The number of hydrogen-bond acceptors (Lipinski definition) is 2. The number of nitrogens with one attached hydrogen (secondary N) is 1. The zero-order chi connectivity index (χ0) is 14.0. The van der Waals surface area contributed by atoms with Crippen molar-refractivity contribution in [3.63, 3.8) is 0 Å². The minimum Gasteiger partial charge on any atom is -0.382 e. The largest absolute Gasteiger partial charge is 0.382 e. The summed E-state index contributed by atoms with van der Waals surface area (Å²) in [6, 6.07) is 0. The lowest BCUT2D eigenvalue weighted by molar-refractivity contribution is 0.153. The van der Waals surface area contributed by atoms with E-state index in [1.807, 2.05) is 11.7 Å². The molecule has 1 heterocycles. The normalized spacial score (nSPS) is 24.5. The van der Waals surface area contributed by atoms with Gasteiger partial charge < -0.3 is 5.32 Å². The van der Waals surface area contributed by atoms with Gasteiger partial charge in [0.25, 0.3) is 0 Å². The summed E-state index contributed by atoms with van der Waals surface area (Å²) in [5.41, 5.74) is 2.78. The molecule has 0 unspecified atom stereocenters. The molecule has 1 fully saturated rings. The van der Waals surface area contributed by atoms with Crippen LogP contribution in [0.5, 0.6) is 0 Å². The van der Waals surface area contributed by atoms with E-state index in [2.05, 4.69) is 44.3 Å². The number of aryl methyl sites for hydroxylation is 2. The number of rotatable bonds is 3. The molecule has 1 aromatic heterocycles. The van der Waals surface area contributed by atoms with Crippen molar-refractivity contribution in [1.29, 1.82) is 0 Å². The van der Waals surface area contributed by atoms with Crippen molar-refractivity contribution in [2.45, 2.75) is 53.4 Å². The minimum absolute atomic E-state index is 0.484. The summed E-state index contributed by atoms with van der Waals surface area (Å²) in [5, 5.41) is 7.95. The molecule has 0 bridgehead atoms. The van der Waals surface area contributed by atoms with Gasteiger partial charge >= 0.3 is 0 Å². The van der Waals surface area contributed by atoms with Gasteiger partial charge in [-0.1, -0.05) is 20.8 Å². The zero-order valence-corrected chi connectivity index (χ0v) is 13.2. The molecule has 3 nitrogen and oxygen atoms in total. The number of anilines is 1. The molecule has 1 N–H and O–H groups in total. The van der Waals surface area contributed by atoms with Gasteiger partial charge in [0, 0.05) is 19.8 Å². The maximum atomic E-state index is 4.37. The van der Waals surface area contributed by atoms with E-state index in [0.717, 1.165) is 24.1 Å². The molecule has 0 aromatic carbocycles. The van der Waals surface area contributed by atoms with Crippen LogP contribution in [0.15, 0.2) is 6.20 Å². The molecule has 1 aliphatic carbocycles. The third-order valence-electron chi connectivity index (χ3n) is 4.67. The Hall–Kier alpha value is -0.990. The molecule has 0 saturated heterocycles. The first-order valence-electron chi connectivity index (χ1n) is 7.60. The molecule has 0 amide bonds. The smallest absolute Gasteiger partial charge is 0.0824 e. The lowest BCUT2D eigenvalue weighted by Crippen LogP contribution is -2.28. The Bertz CT molecular complexity index is 406. The molecular weight excluding hydrogens is 234 g/mol. The average Bonchev–Trinajstić information content (AvgIpc) is 2.65. The molecule has 3 heteroatoms. The van der Waals surface area contributed by atoms with Crippen LogP contribution in [0.1, 0.15) is 52.1 Å². The molecule has 19 heavy (non-hydrogen) atoms. The summed E-state index contributed by atoms with van der Waals surface area (Å²) >= 11 is 0.